The zero-order valence-corrected chi connectivity index (χ0v) is 16.0. The Morgan fingerprint density at radius 1 is 1.23 bits per heavy atom. The van der Waals surface area contributed by atoms with Crippen molar-refractivity contribution in [1.82, 2.24) is 9.97 Å². The summed E-state index contributed by atoms with van der Waals surface area (Å²) >= 11 is 1.76. The molecule has 4 rings (SSSR count). The van der Waals surface area contributed by atoms with Crippen LogP contribution in [0.4, 0.5) is 5.82 Å². The number of fused-ring (bicyclic) bond motifs is 3. The van der Waals surface area contributed by atoms with Gasteiger partial charge in [-0.2, -0.15) is 0 Å². The molecule has 136 valence electrons. The number of thiophene rings is 1. The van der Waals surface area contributed by atoms with Crippen LogP contribution in [-0.4, -0.2) is 18.4 Å². The molecule has 1 unspecified atom stereocenters. The molecular weight excluding hydrogens is 368 g/mol. The second kappa shape index (κ2) is 6.61. The van der Waals surface area contributed by atoms with Crippen LogP contribution < -0.4 is 10.5 Å². The number of sulfonamides is 1. The summed E-state index contributed by atoms with van der Waals surface area (Å²) in [5.74, 6) is 0.808. The number of nitrogens with two attached hydrogens (primary N) is 1. The highest BCUT2D eigenvalue weighted by molar-refractivity contribution is 7.89. The van der Waals surface area contributed by atoms with Crippen molar-refractivity contribution in [2.75, 3.05) is 5.32 Å². The van der Waals surface area contributed by atoms with Gasteiger partial charge in [-0.25, -0.2) is 23.5 Å². The molecule has 0 saturated heterocycles. The van der Waals surface area contributed by atoms with E-state index in [0.717, 1.165) is 34.4 Å². The summed E-state index contributed by atoms with van der Waals surface area (Å²) in [6.07, 6.45) is 6.18. The summed E-state index contributed by atoms with van der Waals surface area (Å²) in [5.41, 5.74) is 2.21. The summed E-state index contributed by atoms with van der Waals surface area (Å²) in [6.45, 7) is 1.98. The third-order valence-corrected chi connectivity index (χ3v) is 6.90. The number of primary sulfonamides is 1. The van der Waals surface area contributed by atoms with E-state index in [9.17, 15) is 8.42 Å². The first-order chi connectivity index (χ1) is 12.4. The SMILES string of the molecule is CC(Nc1ncnc2sc3c(c12)CCCC3)c1cccc(S(N)(=O)=O)c1. The fraction of sp³-hybridized carbons (Fsp3) is 0.333. The number of nitrogens with zero attached hydrogens (tertiary/aromatic N) is 2. The van der Waals surface area contributed by atoms with Crippen molar-refractivity contribution in [3.63, 3.8) is 0 Å². The normalized spacial score (nSPS) is 15.6. The summed E-state index contributed by atoms with van der Waals surface area (Å²) < 4.78 is 23.2. The first kappa shape index (κ1) is 17.4. The Morgan fingerprint density at radius 3 is 2.85 bits per heavy atom. The van der Waals surface area contributed by atoms with Crippen LogP contribution in [-0.2, 0) is 22.9 Å². The molecule has 0 fully saturated rings. The molecule has 1 aromatic carbocycles. The van der Waals surface area contributed by atoms with E-state index < -0.39 is 10.0 Å². The van der Waals surface area contributed by atoms with Gasteiger partial charge in [-0.15, -0.1) is 11.3 Å². The van der Waals surface area contributed by atoms with Gasteiger partial charge < -0.3 is 5.32 Å². The Hall–Kier alpha value is -2.03. The fourth-order valence-corrected chi connectivity index (χ4v) is 5.25. The summed E-state index contributed by atoms with van der Waals surface area (Å²) in [5, 5.41) is 9.80. The van der Waals surface area contributed by atoms with E-state index in [1.807, 2.05) is 13.0 Å². The number of aromatic nitrogens is 2. The van der Waals surface area contributed by atoms with Crippen LogP contribution in [0.15, 0.2) is 35.5 Å². The van der Waals surface area contributed by atoms with Gasteiger partial charge in [0.05, 0.1) is 16.3 Å². The van der Waals surface area contributed by atoms with Gasteiger partial charge in [0.2, 0.25) is 10.0 Å². The van der Waals surface area contributed by atoms with Crippen LogP contribution in [0.25, 0.3) is 10.2 Å². The first-order valence-electron chi connectivity index (χ1n) is 8.58. The largest absolute Gasteiger partial charge is 0.363 e. The number of aryl methyl sites for hydroxylation is 2. The Kier molecular flexibility index (Phi) is 4.42. The van der Waals surface area contributed by atoms with Gasteiger partial charge in [0, 0.05) is 4.88 Å². The molecule has 0 saturated carbocycles. The van der Waals surface area contributed by atoms with E-state index in [2.05, 4.69) is 15.3 Å². The predicted molar refractivity (Wildman–Crippen MR) is 104 cm³/mol. The number of rotatable bonds is 4. The zero-order valence-electron chi connectivity index (χ0n) is 14.4. The van der Waals surface area contributed by atoms with Crippen molar-refractivity contribution < 1.29 is 8.42 Å². The third kappa shape index (κ3) is 3.20. The van der Waals surface area contributed by atoms with Crippen LogP contribution >= 0.6 is 11.3 Å². The smallest absolute Gasteiger partial charge is 0.238 e. The standard InChI is InChI=1S/C18H20N4O2S2/c1-11(12-5-4-6-13(9-12)26(19,23)24)22-17-16-14-7-2-3-8-15(14)25-18(16)21-10-20-17/h4-6,9-11H,2-3,7-8H2,1H3,(H2,19,23,24)(H,20,21,22). The molecule has 0 radical (unpaired) electrons. The fourth-order valence-electron chi connectivity index (χ4n) is 3.45. The second-order valence-electron chi connectivity index (χ2n) is 6.60. The van der Waals surface area contributed by atoms with E-state index >= 15 is 0 Å². The molecule has 0 spiro atoms. The number of nitrogens with one attached hydrogen (secondary N) is 1. The molecule has 8 heteroatoms. The molecule has 3 N–H and O–H groups in total. The van der Waals surface area contributed by atoms with Crippen LogP contribution in [0.2, 0.25) is 0 Å². The molecule has 3 aromatic rings. The van der Waals surface area contributed by atoms with E-state index in [0.29, 0.717) is 0 Å². The van der Waals surface area contributed by atoms with Gasteiger partial charge in [0.1, 0.15) is 17.0 Å². The van der Waals surface area contributed by atoms with Crippen molar-refractivity contribution in [1.29, 1.82) is 0 Å². The highest BCUT2D eigenvalue weighted by Gasteiger charge is 2.21. The molecule has 1 aliphatic carbocycles. The number of hydrogen-bond acceptors (Lipinski definition) is 6. The molecule has 0 aliphatic heterocycles. The highest BCUT2D eigenvalue weighted by atomic mass is 32.2. The molecule has 1 atom stereocenters. The summed E-state index contributed by atoms with van der Waals surface area (Å²) in [7, 11) is -3.72. The number of hydrogen-bond donors (Lipinski definition) is 2. The predicted octanol–water partition coefficient (Wildman–Crippen LogP) is 3.39. The molecule has 1 aliphatic rings. The maximum Gasteiger partial charge on any atom is 0.238 e. The Balaban J connectivity index is 1.70. The van der Waals surface area contributed by atoms with Crippen LogP contribution in [0, 0.1) is 0 Å². The van der Waals surface area contributed by atoms with Crippen molar-refractivity contribution >= 4 is 37.4 Å². The lowest BCUT2D eigenvalue weighted by Gasteiger charge is -2.17. The Bertz CT molecular complexity index is 1080. The van der Waals surface area contributed by atoms with E-state index in [1.54, 1.807) is 29.8 Å². The highest BCUT2D eigenvalue weighted by Crippen LogP contribution is 2.38. The zero-order chi connectivity index (χ0) is 18.3. The van der Waals surface area contributed by atoms with Crippen molar-refractivity contribution in [3.05, 3.63) is 46.6 Å². The van der Waals surface area contributed by atoms with Crippen LogP contribution in [0.1, 0.15) is 41.8 Å². The summed E-state index contributed by atoms with van der Waals surface area (Å²) in [4.78, 5) is 11.5. The van der Waals surface area contributed by atoms with E-state index in [4.69, 9.17) is 5.14 Å². The third-order valence-electron chi connectivity index (χ3n) is 4.79. The van der Waals surface area contributed by atoms with Gasteiger partial charge in [0.15, 0.2) is 0 Å². The minimum absolute atomic E-state index is 0.115. The molecule has 6 nitrogen and oxygen atoms in total. The quantitative estimate of drug-likeness (QED) is 0.714. The lowest BCUT2D eigenvalue weighted by molar-refractivity contribution is 0.597. The molecule has 2 aromatic heterocycles. The average Bonchev–Trinajstić information content (AvgIpc) is 3.00. The topological polar surface area (TPSA) is 98.0 Å². The molecule has 0 amide bonds. The van der Waals surface area contributed by atoms with Crippen molar-refractivity contribution in [3.8, 4) is 0 Å². The van der Waals surface area contributed by atoms with E-state index in [-0.39, 0.29) is 10.9 Å². The second-order valence-corrected chi connectivity index (χ2v) is 9.24. The van der Waals surface area contributed by atoms with Crippen LogP contribution in [0.3, 0.4) is 0 Å². The Labute approximate surface area is 156 Å². The first-order valence-corrected chi connectivity index (χ1v) is 10.9. The molecule has 26 heavy (non-hydrogen) atoms. The Morgan fingerprint density at radius 2 is 2.04 bits per heavy atom. The number of benzene rings is 1. The van der Waals surface area contributed by atoms with Gasteiger partial charge in [0.25, 0.3) is 0 Å². The monoisotopic (exact) mass is 388 g/mol. The van der Waals surface area contributed by atoms with E-state index in [1.165, 1.54) is 29.3 Å². The lowest BCUT2D eigenvalue weighted by Crippen LogP contribution is -2.14. The van der Waals surface area contributed by atoms with Gasteiger partial charge in [-0.05, 0) is 55.9 Å². The summed E-state index contributed by atoms with van der Waals surface area (Å²) in [6, 6.07) is 6.58. The maximum atomic E-state index is 11.6. The minimum atomic E-state index is -3.72. The van der Waals surface area contributed by atoms with Gasteiger partial charge in [-0.1, -0.05) is 12.1 Å². The molecular formula is C18H20N4O2S2. The van der Waals surface area contributed by atoms with Crippen molar-refractivity contribution in [2.24, 2.45) is 5.14 Å². The average molecular weight is 389 g/mol. The van der Waals surface area contributed by atoms with Crippen LogP contribution in [0.5, 0.6) is 0 Å². The van der Waals surface area contributed by atoms with Gasteiger partial charge in [-0.3, -0.25) is 0 Å². The minimum Gasteiger partial charge on any atom is -0.363 e. The number of anilines is 1. The van der Waals surface area contributed by atoms with Gasteiger partial charge >= 0.3 is 0 Å². The molecule has 0 bridgehead atoms. The molecule has 2 heterocycles. The maximum absolute atomic E-state index is 11.6. The lowest BCUT2D eigenvalue weighted by atomic mass is 9.97. The van der Waals surface area contributed by atoms with Crippen molar-refractivity contribution in [2.45, 2.75) is 43.5 Å².